The predicted octanol–water partition coefficient (Wildman–Crippen LogP) is 25.0. The summed E-state index contributed by atoms with van der Waals surface area (Å²) >= 11 is 0. The van der Waals surface area contributed by atoms with Gasteiger partial charge in [-0.15, -0.1) is 0 Å². The molecule has 2 unspecified atom stereocenters. The van der Waals surface area contributed by atoms with Crippen LogP contribution < -0.4 is 5.32 Å². The molecule has 1 amide bonds. The molecule has 496 valence electrons. The summed E-state index contributed by atoms with van der Waals surface area (Å²) in [6.45, 7) is 4.94. The summed E-state index contributed by atoms with van der Waals surface area (Å²) in [5.74, 6) is -0.0520. The van der Waals surface area contributed by atoms with E-state index in [-0.39, 0.29) is 18.5 Å². The van der Waals surface area contributed by atoms with E-state index in [0.29, 0.717) is 19.4 Å². The Balaban J connectivity index is 3.40. The van der Waals surface area contributed by atoms with Crippen LogP contribution in [0.3, 0.4) is 0 Å². The number of hydrogen-bond donors (Lipinski definition) is 3. The Morgan fingerprint density at radius 3 is 0.845 bits per heavy atom. The van der Waals surface area contributed by atoms with Gasteiger partial charge in [-0.05, 0) is 83.5 Å². The molecule has 0 saturated carbocycles. The predicted molar refractivity (Wildman–Crippen MR) is 370 cm³/mol. The summed E-state index contributed by atoms with van der Waals surface area (Å²) in [6, 6.07) is -0.630. The Bertz CT molecular complexity index is 1360. The molecule has 0 aromatic carbocycles. The van der Waals surface area contributed by atoms with Crippen LogP contribution in [0.25, 0.3) is 0 Å². The van der Waals surface area contributed by atoms with Crippen LogP contribution in [0.4, 0.5) is 0 Å². The number of carbonyl (C=O) groups is 2. The molecule has 0 radical (unpaired) electrons. The van der Waals surface area contributed by atoms with E-state index in [4.69, 9.17) is 4.74 Å². The molecule has 0 aliphatic heterocycles. The molecule has 0 saturated heterocycles. The third-order valence-corrected chi connectivity index (χ3v) is 17.9. The van der Waals surface area contributed by atoms with Crippen molar-refractivity contribution in [3.05, 3.63) is 36.5 Å². The second-order valence-corrected chi connectivity index (χ2v) is 26.3. The van der Waals surface area contributed by atoms with Crippen LogP contribution in [0, 0.1) is 0 Å². The van der Waals surface area contributed by atoms with Gasteiger partial charge in [-0.1, -0.05) is 365 Å². The van der Waals surface area contributed by atoms with Crippen molar-refractivity contribution in [2.24, 2.45) is 0 Å². The van der Waals surface area contributed by atoms with E-state index in [1.165, 1.54) is 353 Å². The van der Waals surface area contributed by atoms with Gasteiger partial charge in [0, 0.05) is 12.8 Å². The van der Waals surface area contributed by atoms with Crippen molar-refractivity contribution in [3.63, 3.8) is 0 Å². The first-order valence-electron chi connectivity index (χ1n) is 38.3. The third-order valence-electron chi connectivity index (χ3n) is 17.9. The molecule has 0 rings (SSSR count). The van der Waals surface area contributed by atoms with E-state index in [2.05, 4.69) is 43.5 Å². The highest BCUT2D eigenvalue weighted by molar-refractivity contribution is 5.76. The van der Waals surface area contributed by atoms with Crippen LogP contribution >= 0.6 is 0 Å². The van der Waals surface area contributed by atoms with Gasteiger partial charge in [0.2, 0.25) is 5.91 Å². The van der Waals surface area contributed by atoms with Crippen molar-refractivity contribution in [1.82, 2.24) is 5.32 Å². The zero-order valence-corrected chi connectivity index (χ0v) is 56.9. The molecule has 2 atom stereocenters. The van der Waals surface area contributed by atoms with Gasteiger partial charge in [-0.25, -0.2) is 0 Å². The molecule has 0 aliphatic carbocycles. The van der Waals surface area contributed by atoms with Crippen molar-refractivity contribution in [2.75, 3.05) is 13.2 Å². The molecule has 84 heavy (non-hydrogen) atoms. The zero-order valence-electron chi connectivity index (χ0n) is 56.9. The number of aliphatic hydroxyl groups excluding tert-OH is 2. The Hall–Kier alpha value is -1.92. The average molecular weight is 1180 g/mol. The average Bonchev–Trinajstić information content (AvgIpc) is 3.51. The lowest BCUT2D eigenvalue weighted by Crippen LogP contribution is -2.45. The molecule has 0 fully saturated rings. The van der Waals surface area contributed by atoms with Crippen molar-refractivity contribution in [2.45, 2.75) is 437 Å². The lowest BCUT2D eigenvalue weighted by Gasteiger charge is -2.20. The second kappa shape index (κ2) is 73.5. The Morgan fingerprint density at radius 2 is 0.560 bits per heavy atom. The van der Waals surface area contributed by atoms with Crippen LogP contribution in [0.1, 0.15) is 425 Å². The highest BCUT2D eigenvalue weighted by Gasteiger charge is 2.18. The maximum atomic E-state index is 12.5. The van der Waals surface area contributed by atoms with Gasteiger partial charge < -0.3 is 20.3 Å². The molecular formula is C78H149NO5. The summed E-state index contributed by atoms with van der Waals surface area (Å²) in [5, 5.41) is 23.3. The largest absolute Gasteiger partial charge is 0.466 e. The van der Waals surface area contributed by atoms with E-state index < -0.39 is 12.1 Å². The molecule has 6 nitrogen and oxygen atoms in total. The minimum atomic E-state index is -0.847. The normalized spacial score (nSPS) is 12.7. The second-order valence-electron chi connectivity index (χ2n) is 26.3. The van der Waals surface area contributed by atoms with Gasteiger partial charge in [0.1, 0.15) is 0 Å². The zero-order chi connectivity index (χ0) is 60.6. The van der Waals surface area contributed by atoms with Gasteiger partial charge in [0.15, 0.2) is 0 Å². The minimum Gasteiger partial charge on any atom is -0.466 e. The fourth-order valence-electron chi connectivity index (χ4n) is 12.0. The van der Waals surface area contributed by atoms with Gasteiger partial charge >= 0.3 is 5.97 Å². The molecule has 0 aromatic heterocycles. The maximum Gasteiger partial charge on any atom is 0.305 e. The molecule has 0 heterocycles. The summed E-state index contributed by atoms with van der Waals surface area (Å²) in [5.41, 5.74) is 0. The number of ether oxygens (including phenoxy) is 1. The fourth-order valence-corrected chi connectivity index (χ4v) is 12.0. The van der Waals surface area contributed by atoms with Gasteiger partial charge in [-0.3, -0.25) is 9.59 Å². The minimum absolute atomic E-state index is 0.0126. The first-order valence-corrected chi connectivity index (χ1v) is 38.3. The van der Waals surface area contributed by atoms with E-state index in [0.717, 1.165) is 44.9 Å². The molecular weight excluding hydrogens is 1030 g/mol. The Kier molecular flexibility index (Phi) is 71.9. The highest BCUT2D eigenvalue weighted by Crippen LogP contribution is 2.19. The van der Waals surface area contributed by atoms with Crippen LogP contribution in [0.2, 0.25) is 0 Å². The lowest BCUT2D eigenvalue weighted by molar-refractivity contribution is -0.143. The summed E-state index contributed by atoms with van der Waals surface area (Å²) in [6.07, 6.45) is 95.3. The highest BCUT2D eigenvalue weighted by atomic mass is 16.5. The van der Waals surface area contributed by atoms with E-state index in [1.54, 1.807) is 6.08 Å². The van der Waals surface area contributed by atoms with E-state index >= 15 is 0 Å². The van der Waals surface area contributed by atoms with Gasteiger partial charge in [0.05, 0.1) is 25.4 Å². The van der Waals surface area contributed by atoms with E-state index in [1.807, 2.05) is 6.08 Å². The molecule has 6 heteroatoms. The van der Waals surface area contributed by atoms with Crippen LogP contribution in [-0.4, -0.2) is 47.4 Å². The molecule has 0 aliphatic rings. The number of aliphatic hydroxyl groups is 2. The fraction of sp³-hybridized carbons (Fsp3) is 0.897. The smallest absolute Gasteiger partial charge is 0.305 e. The number of carbonyl (C=O) groups excluding carboxylic acids is 2. The van der Waals surface area contributed by atoms with Gasteiger partial charge in [-0.2, -0.15) is 0 Å². The molecule has 0 spiro atoms. The van der Waals surface area contributed by atoms with Crippen molar-refractivity contribution >= 4 is 11.9 Å². The quantitative estimate of drug-likeness (QED) is 0.0320. The number of nitrogens with one attached hydrogen (secondary N) is 1. The van der Waals surface area contributed by atoms with Gasteiger partial charge in [0.25, 0.3) is 0 Å². The number of amides is 1. The number of unbranched alkanes of at least 4 members (excludes halogenated alkanes) is 57. The van der Waals surface area contributed by atoms with E-state index in [9.17, 15) is 19.8 Å². The van der Waals surface area contributed by atoms with Crippen LogP contribution in [-0.2, 0) is 14.3 Å². The number of allylic oxidation sites excluding steroid dienone is 5. The Morgan fingerprint density at radius 1 is 0.321 bits per heavy atom. The third kappa shape index (κ3) is 69.2. The summed E-state index contributed by atoms with van der Waals surface area (Å²) < 4.78 is 5.51. The molecule has 0 bridgehead atoms. The van der Waals surface area contributed by atoms with Crippen molar-refractivity contribution in [3.8, 4) is 0 Å². The molecule has 3 N–H and O–H groups in total. The Labute approximate surface area is 525 Å². The maximum absolute atomic E-state index is 12.5. The summed E-state index contributed by atoms with van der Waals surface area (Å²) in [4.78, 5) is 24.7. The lowest BCUT2D eigenvalue weighted by atomic mass is 10.0. The first-order chi connectivity index (χ1) is 41.5. The monoisotopic (exact) mass is 1180 g/mol. The molecule has 0 aromatic rings. The number of rotatable bonds is 72. The van der Waals surface area contributed by atoms with Crippen LogP contribution in [0.15, 0.2) is 36.5 Å². The summed E-state index contributed by atoms with van der Waals surface area (Å²) in [7, 11) is 0. The first kappa shape index (κ1) is 82.1. The SMILES string of the molecule is CCCCCCCCC/C=C\CCCCCCCCCC(=O)OCCCCCCCCCCCCCC/C=C\CCCCCCCCCCCCCC(=O)NC(CO)C(O)/C=C/CCCCCCCCCCCCCCCCCCCCCC. The van der Waals surface area contributed by atoms with Crippen LogP contribution in [0.5, 0.6) is 0 Å². The standard InChI is InChI=1S/C78H149NO5/c1-3-5-7-9-11-13-15-17-19-21-23-24-32-35-38-42-46-50-54-58-62-66-70-76(81)75(74-80)79-77(82)71-67-63-59-55-51-47-43-39-36-33-30-28-26-25-27-29-31-34-37-41-45-49-53-57-61-65-69-73-84-78(83)72-68-64-60-56-52-48-44-40-22-20-18-16-14-12-10-8-6-4-2/h20,22,25-26,66,70,75-76,80-81H,3-19,21,23-24,27-65,67-69,71-74H2,1-2H3,(H,79,82)/b22-20-,26-25-,70-66+. The number of hydrogen-bond acceptors (Lipinski definition) is 5. The van der Waals surface area contributed by atoms with Crippen molar-refractivity contribution < 1.29 is 24.5 Å². The topological polar surface area (TPSA) is 95.9 Å². The number of esters is 1. The van der Waals surface area contributed by atoms with Crippen molar-refractivity contribution in [1.29, 1.82) is 0 Å².